The van der Waals surface area contributed by atoms with Crippen LogP contribution in [0.3, 0.4) is 0 Å². The van der Waals surface area contributed by atoms with Crippen molar-refractivity contribution in [3.8, 4) is 0 Å². The van der Waals surface area contributed by atoms with Crippen LogP contribution in [0, 0.1) is 17.8 Å². The van der Waals surface area contributed by atoms with Crippen LogP contribution in [0.1, 0.15) is 32.6 Å². The van der Waals surface area contributed by atoms with E-state index in [4.69, 9.17) is 5.84 Å². The highest BCUT2D eigenvalue weighted by Crippen LogP contribution is 2.46. The van der Waals surface area contributed by atoms with Gasteiger partial charge in [-0.2, -0.15) is 0 Å². The van der Waals surface area contributed by atoms with Gasteiger partial charge in [-0.3, -0.25) is 11.3 Å². The van der Waals surface area contributed by atoms with Gasteiger partial charge in [0.25, 0.3) is 0 Å². The van der Waals surface area contributed by atoms with Crippen molar-refractivity contribution in [3.05, 3.63) is 0 Å². The second-order valence-electron chi connectivity index (χ2n) is 4.26. The maximum Gasteiger partial charge on any atom is 0.0269 e. The van der Waals surface area contributed by atoms with E-state index in [1.54, 1.807) is 0 Å². The molecule has 0 heterocycles. The van der Waals surface area contributed by atoms with Crippen LogP contribution in [-0.4, -0.2) is 6.04 Å². The summed E-state index contributed by atoms with van der Waals surface area (Å²) >= 11 is 0. The van der Waals surface area contributed by atoms with Crippen LogP contribution in [0.5, 0.6) is 0 Å². The summed E-state index contributed by atoms with van der Waals surface area (Å²) in [5.41, 5.74) is 3.00. The van der Waals surface area contributed by atoms with Gasteiger partial charge in [-0.1, -0.05) is 13.3 Å². The third-order valence-corrected chi connectivity index (χ3v) is 3.48. The highest BCUT2D eigenvalue weighted by Gasteiger charge is 2.43. The molecule has 2 heteroatoms. The van der Waals surface area contributed by atoms with Crippen molar-refractivity contribution in [1.82, 2.24) is 5.43 Å². The molecule has 0 aromatic heterocycles. The molecule has 2 rings (SSSR count). The van der Waals surface area contributed by atoms with E-state index in [0.717, 1.165) is 17.8 Å². The standard InChI is InChI=1S/C9H18N2/c1-6-5-8(6)9(11-10)7-3-2-4-7/h6-9,11H,2-5,10H2,1H3. The average molecular weight is 154 g/mol. The third kappa shape index (κ3) is 1.30. The van der Waals surface area contributed by atoms with Crippen molar-refractivity contribution in [2.75, 3.05) is 0 Å². The van der Waals surface area contributed by atoms with Gasteiger partial charge in [-0.05, 0) is 37.0 Å². The lowest BCUT2D eigenvalue weighted by Gasteiger charge is -2.33. The van der Waals surface area contributed by atoms with Crippen LogP contribution < -0.4 is 11.3 Å². The Morgan fingerprint density at radius 1 is 1.45 bits per heavy atom. The first-order valence-electron chi connectivity index (χ1n) is 4.79. The fourth-order valence-corrected chi connectivity index (χ4v) is 2.26. The lowest BCUT2D eigenvalue weighted by Crippen LogP contribution is -2.45. The highest BCUT2D eigenvalue weighted by molar-refractivity contribution is 4.96. The molecule has 0 spiro atoms. The first-order chi connectivity index (χ1) is 5.33. The average Bonchev–Trinajstić information content (AvgIpc) is 2.57. The molecule has 0 amide bonds. The van der Waals surface area contributed by atoms with Gasteiger partial charge in [-0.25, -0.2) is 0 Å². The molecular weight excluding hydrogens is 136 g/mol. The predicted molar refractivity (Wildman–Crippen MR) is 45.7 cm³/mol. The van der Waals surface area contributed by atoms with Crippen LogP contribution in [0.15, 0.2) is 0 Å². The molecule has 2 fully saturated rings. The van der Waals surface area contributed by atoms with Crippen LogP contribution in [-0.2, 0) is 0 Å². The summed E-state index contributed by atoms with van der Waals surface area (Å²) in [5, 5.41) is 0. The topological polar surface area (TPSA) is 38.0 Å². The molecule has 0 aromatic rings. The number of rotatable bonds is 3. The molecular formula is C9H18N2. The monoisotopic (exact) mass is 154 g/mol. The Labute approximate surface area is 68.5 Å². The maximum absolute atomic E-state index is 5.54. The lowest BCUT2D eigenvalue weighted by molar-refractivity contribution is 0.206. The lowest BCUT2D eigenvalue weighted by atomic mass is 9.78. The van der Waals surface area contributed by atoms with E-state index in [1.165, 1.54) is 25.7 Å². The normalized spacial score (nSPS) is 39.8. The number of hydrazine groups is 1. The Morgan fingerprint density at radius 3 is 2.36 bits per heavy atom. The molecule has 2 aliphatic carbocycles. The van der Waals surface area contributed by atoms with E-state index in [0.29, 0.717) is 6.04 Å². The van der Waals surface area contributed by atoms with Gasteiger partial charge in [0.2, 0.25) is 0 Å². The van der Waals surface area contributed by atoms with Crippen LogP contribution in [0.25, 0.3) is 0 Å². The van der Waals surface area contributed by atoms with E-state index in [9.17, 15) is 0 Å². The molecule has 3 atom stereocenters. The van der Waals surface area contributed by atoms with E-state index < -0.39 is 0 Å². The maximum atomic E-state index is 5.54. The van der Waals surface area contributed by atoms with Crippen LogP contribution in [0.4, 0.5) is 0 Å². The minimum atomic E-state index is 0.638. The molecule has 2 aliphatic rings. The zero-order valence-electron chi connectivity index (χ0n) is 7.22. The molecule has 3 unspecified atom stereocenters. The fraction of sp³-hybridized carbons (Fsp3) is 1.00. The molecule has 64 valence electrons. The second-order valence-corrected chi connectivity index (χ2v) is 4.26. The smallest absolute Gasteiger partial charge is 0.0269 e. The third-order valence-electron chi connectivity index (χ3n) is 3.48. The first-order valence-corrected chi connectivity index (χ1v) is 4.79. The Morgan fingerprint density at radius 2 is 2.09 bits per heavy atom. The molecule has 2 nitrogen and oxygen atoms in total. The molecule has 0 radical (unpaired) electrons. The van der Waals surface area contributed by atoms with Gasteiger partial charge in [-0.15, -0.1) is 0 Å². The first kappa shape index (κ1) is 7.56. The number of nitrogens with two attached hydrogens (primary N) is 1. The van der Waals surface area contributed by atoms with Gasteiger partial charge >= 0.3 is 0 Å². The largest absolute Gasteiger partial charge is 0.271 e. The molecule has 0 aliphatic heterocycles. The van der Waals surface area contributed by atoms with Gasteiger partial charge in [0.1, 0.15) is 0 Å². The van der Waals surface area contributed by atoms with E-state index in [1.807, 2.05) is 0 Å². The molecule has 3 N–H and O–H groups in total. The predicted octanol–water partition coefficient (Wildman–Crippen LogP) is 1.27. The summed E-state index contributed by atoms with van der Waals surface area (Å²) in [6.45, 7) is 2.33. The van der Waals surface area contributed by atoms with Gasteiger partial charge < -0.3 is 0 Å². The summed E-state index contributed by atoms with van der Waals surface area (Å²) in [6, 6.07) is 0.638. The van der Waals surface area contributed by atoms with Gasteiger partial charge in [0.15, 0.2) is 0 Å². The number of hydrogen-bond acceptors (Lipinski definition) is 2. The SMILES string of the molecule is CC1CC1C(NN)C1CCC1. The molecule has 11 heavy (non-hydrogen) atoms. The minimum Gasteiger partial charge on any atom is -0.271 e. The number of hydrogen-bond donors (Lipinski definition) is 2. The van der Waals surface area contributed by atoms with Crippen molar-refractivity contribution in [1.29, 1.82) is 0 Å². The van der Waals surface area contributed by atoms with Crippen molar-refractivity contribution >= 4 is 0 Å². The van der Waals surface area contributed by atoms with Crippen molar-refractivity contribution in [2.24, 2.45) is 23.6 Å². The van der Waals surface area contributed by atoms with Crippen LogP contribution >= 0.6 is 0 Å². The Balaban J connectivity index is 1.85. The molecule has 0 saturated heterocycles. The summed E-state index contributed by atoms with van der Waals surface area (Å²) in [6.07, 6.45) is 5.62. The summed E-state index contributed by atoms with van der Waals surface area (Å²) in [5.74, 6) is 8.26. The Kier molecular flexibility index (Phi) is 1.90. The summed E-state index contributed by atoms with van der Waals surface area (Å²) in [4.78, 5) is 0. The van der Waals surface area contributed by atoms with Gasteiger partial charge in [0, 0.05) is 6.04 Å². The molecule has 0 bridgehead atoms. The fourth-order valence-electron chi connectivity index (χ4n) is 2.26. The molecule has 0 aromatic carbocycles. The van der Waals surface area contributed by atoms with E-state index >= 15 is 0 Å². The zero-order valence-corrected chi connectivity index (χ0v) is 7.22. The molecule has 2 saturated carbocycles. The Bertz CT molecular complexity index is 138. The number of nitrogens with one attached hydrogen (secondary N) is 1. The van der Waals surface area contributed by atoms with Crippen molar-refractivity contribution in [3.63, 3.8) is 0 Å². The van der Waals surface area contributed by atoms with E-state index in [-0.39, 0.29) is 0 Å². The Hall–Kier alpha value is -0.0800. The summed E-state index contributed by atoms with van der Waals surface area (Å²) in [7, 11) is 0. The quantitative estimate of drug-likeness (QED) is 0.474. The zero-order chi connectivity index (χ0) is 7.84. The van der Waals surface area contributed by atoms with Crippen molar-refractivity contribution in [2.45, 2.75) is 38.6 Å². The van der Waals surface area contributed by atoms with Gasteiger partial charge in [0.05, 0.1) is 0 Å². The van der Waals surface area contributed by atoms with Crippen molar-refractivity contribution < 1.29 is 0 Å². The minimum absolute atomic E-state index is 0.638. The summed E-state index contributed by atoms with van der Waals surface area (Å²) < 4.78 is 0. The van der Waals surface area contributed by atoms with Crippen LogP contribution in [0.2, 0.25) is 0 Å². The second kappa shape index (κ2) is 2.76. The van der Waals surface area contributed by atoms with E-state index in [2.05, 4.69) is 12.3 Å². The highest BCUT2D eigenvalue weighted by atomic mass is 15.2.